The van der Waals surface area contributed by atoms with Gasteiger partial charge in [-0.15, -0.1) is 0 Å². The second-order valence-corrected chi connectivity index (χ2v) is 5.47. The van der Waals surface area contributed by atoms with Gasteiger partial charge in [0.25, 0.3) is 5.91 Å². The van der Waals surface area contributed by atoms with E-state index in [-0.39, 0.29) is 12.1 Å². The number of hydrogen-bond acceptors (Lipinski definition) is 3. The lowest BCUT2D eigenvalue weighted by Gasteiger charge is -2.16. The second kappa shape index (κ2) is 6.20. The zero-order valence-electron chi connectivity index (χ0n) is 12.8. The van der Waals surface area contributed by atoms with Crippen molar-refractivity contribution >= 4 is 23.2 Å². The molecule has 2 aromatic carbocycles. The van der Waals surface area contributed by atoms with E-state index in [0.717, 1.165) is 17.0 Å². The molecule has 1 fully saturated rings. The summed E-state index contributed by atoms with van der Waals surface area (Å²) in [6.07, 6.45) is 0.949. The molecule has 5 heteroatoms. The first-order chi connectivity index (χ1) is 11.1. The van der Waals surface area contributed by atoms with Crippen molar-refractivity contribution in [3.63, 3.8) is 0 Å². The molecule has 2 aromatic rings. The Balaban J connectivity index is 1.79. The maximum Gasteiger partial charge on any atom is 0.256 e. The maximum atomic E-state index is 13.9. The number of carbonyl (C=O) groups is 2. The molecular weight excluding hydrogens is 295 g/mol. The van der Waals surface area contributed by atoms with Gasteiger partial charge >= 0.3 is 0 Å². The number of rotatable bonds is 4. The summed E-state index contributed by atoms with van der Waals surface area (Å²) in [5, 5.41) is 3.06. The van der Waals surface area contributed by atoms with Crippen molar-refractivity contribution in [2.45, 2.75) is 25.8 Å². The zero-order chi connectivity index (χ0) is 16.4. The Kier molecular flexibility index (Phi) is 4.10. The number of halogens is 1. The molecule has 118 valence electrons. The van der Waals surface area contributed by atoms with E-state index in [1.807, 2.05) is 24.3 Å². The first kappa shape index (κ1) is 15.2. The summed E-state index contributed by atoms with van der Waals surface area (Å²) in [4.78, 5) is 25.5. The standard InChI is InChI=1S/C18H17FN2O2/c1-2-12-7-9-13(10-8-12)20-15-11-17(22)21(18(15)23)16-6-4-3-5-14(16)19/h3-10,15,20H,2,11H2,1H3. The molecule has 1 N–H and O–H groups in total. The average Bonchev–Trinajstić information content (AvgIpc) is 2.83. The fourth-order valence-electron chi connectivity index (χ4n) is 2.67. The quantitative estimate of drug-likeness (QED) is 0.882. The lowest BCUT2D eigenvalue weighted by Crippen LogP contribution is -2.35. The van der Waals surface area contributed by atoms with Crippen LogP contribution in [0.25, 0.3) is 0 Å². The number of carbonyl (C=O) groups excluding carboxylic acids is 2. The van der Waals surface area contributed by atoms with Gasteiger partial charge in [0.05, 0.1) is 12.1 Å². The molecule has 1 unspecified atom stereocenters. The average molecular weight is 312 g/mol. The van der Waals surface area contributed by atoms with E-state index in [2.05, 4.69) is 12.2 Å². The Morgan fingerprint density at radius 2 is 1.83 bits per heavy atom. The smallest absolute Gasteiger partial charge is 0.256 e. The molecule has 0 spiro atoms. The van der Waals surface area contributed by atoms with E-state index in [9.17, 15) is 14.0 Å². The molecule has 0 bridgehead atoms. The van der Waals surface area contributed by atoms with Gasteiger partial charge in [0.15, 0.2) is 0 Å². The van der Waals surface area contributed by atoms with Crippen LogP contribution in [-0.4, -0.2) is 17.9 Å². The highest BCUT2D eigenvalue weighted by Gasteiger charge is 2.40. The number of nitrogens with one attached hydrogen (secondary N) is 1. The molecule has 23 heavy (non-hydrogen) atoms. The summed E-state index contributed by atoms with van der Waals surface area (Å²) in [5.41, 5.74) is 1.97. The number of nitrogens with zero attached hydrogens (tertiary/aromatic N) is 1. The van der Waals surface area contributed by atoms with Crippen LogP contribution in [0.1, 0.15) is 18.9 Å². The third kappa shape index (κ3) is 2.95. The van der Waals surface area contributed by atoms with Crippen molar-refractivity contribution in [2.75, 3.05) is 10.2 Å². The van der Waals surface area contributed by atoms with Gasteiger partial charge < -0.3 is 5.32 Å². The minimum absolute atomic E-state index is 0.00753. The van der Waals surface area contributed by atoms with Gasteiger partial charge in [0.1, 0.15) is 11.9 Å². The summed E-state index contributed by atoms with van der Waals surface area (Å²) in [6, 6.07) is 12.8. The van der Waals surface area contributed by atoms with E-state index in [4.69, 9.17) is 0 Å². The summed E-state index contributed by atoms with van der Waals surface area (Å²) < 4.78 is 13.9. The van der Waals surface area contributed by atoms with Crippen molar-refractivity contribution in [1.29, 1.82) is 0 Å². The summed E-state index contributed by atoms with van der Waals surface area (Å²) in [6.45, 7) is 2.06. The number of para-hydroxylation sites is 1. The minimum atomic E-state index is -0.672. The Labute approximate surface area is 133 Å². The fourth-order valence-corrected chi connectivity index (χ4v) is 2.67. The minimum Gasteiger partial charge on any atom is -0.373 e. The SMILES string of the molecule is CCc1ccc(NC2CC(=O)N(c3ccccc3F)C2=O)cc1. The fraction of sp³-hybridized carbons (Fsp3) is 0.222. The molecule has 0 radical (unpaired) electrons. The molecule has 4 nitrogen and oxygen atoms in total. The monoisotopic (exact) mass is 312 g/mol. The topological polar surface area (TPSA) is 49.4 Å². The van der Waals surface area contributed by atoms with E-state index in [1.165, 1.54) is 23.8 Å². The van der Waals surface area contributed by atoms with Gasteiger partial charge in [0.2, 0.25) is 5.91 Å². The molecule has 1 aliphatic rings. The predicted molar refractivity (Wildman–Crippen MR) is 86.7 cm³/mol. The van der Waals surface area contributed by atoms with Gasteiger partial charge in [-0.1, -0.05) is 31.2 Å². The number of hydrogen-bond donors (Lipinski definition) is 1. The normalized spacial score (nSPS) is 17.7. The molecule has 1 heterocycles. The van der Waals surface area contributed by atoms with E-state index in [1.54, 1.807) is 6.07 Å². The van der Waals surface area contributed by atoms with E-state index < -0.39 is 23.7 Å². The molecule has 1 aliphatic heterocycles. The first-order valence-corrected chi connectivity index (χ1v) is 7.57. The van der Waals surface area contributed by atoms with Crippen molar-refractivity contribution in [3.05, 3.63) is 59.9 Å². The maximum absolute atomic E-state index is 13.9. The molecule has 1 saturated heterocycles. The third-order valence-corrected chi connectivity index (χ3v) is 3.94. The van der Waals surface area contributed by atoms with Crippen LogP contribution in [0.2, 0.25) is 0 Å². The van der Waals surface area contributed by atoms with Gasteiger partial charge in [-0.25, -0.2) is 9.29 Å². The molecule has 2 amide bonds. The molecule has 0 aromatic heterocycles. The summed E-state index contributed by atoms with van der Waals surface area (Å²) in [5.74, 6) is -1.41. The molecule has 3 rings (SSSR count). The lowest BCUT2D eigenvalue weighted by atomic mass is 10.1. The highest BCUT2D eigenvalue weighted by Crippen LogP contribution is 2.27. The van der Waals surface area contributed by atoms with Crippen molar-refractivity contribution in [2.24, 2.45) is 0 Å². The van der Waals surface area contributed by atoms with Crippen LogP contribution in [0.5, 0.6) is 0 Å². The Bertz CT molecular complexity index is 743. The van der Waals surface area contributed by atoms with Gasteiger partial charge in [-0.3, -0.25) is 9.59 Å². The number of aryl methyl sites for hydroxylation is 1. The Morgan fingerprint density at radius 1 is 1.13 bits per heavy atom. The van der Waals surface area contributed by atoms with Crippen LogP contribution in [0.15, 0.2) is 48.5 Å². The third-order valence-electron chi connectivity index (χ3n) is 3.94. The van der Waals surface area contributed by atoms with Gasteiger partial charge in [0, 0.05) is 5.69 Å². The Hall–Kier alpha value is -2.69. The predicted octanol–water partition coefficient (Wildman–Crippen LogP) is 3.13. The largest absolute Gasteiger partial charge is 0.373 e. The highest BCUT2D eigenvalue weighted by molar-refractivity contribution is 6.23. The highest BCUT2D eigenvalue weighted by atomic mass is 19.1. The summed E-state index contributed by atoms with van der Waals surface area (Å²) in [7, 11) is 0. The molecule has 1 atom stereocenters. The number of imide groups is 1. The van der Waals surface area contributed by atoms with E-state index in [0.29, 0.717) is 0 Å². The number of benzene rings is 2. The molecule has 0 saturated carbocycles. The van der Waals surface area contributed by atoms with Gasteiger partial charge in [-0.2, -0.15) is 0 Å². The number of amides is 2. The van der Waals surface area contributed by atoms with Crippen LogP contribution in [-0.2, 0) is 16.0 Å². The Morgan fingerprint density at radius 3 is 2.48 bits per heavy atom. The van der Waals surface area contributed by atoms with E-state index >= 15 is 0 Å². The second-order valence-electron chi connectivity index (χ2n) is 5.47. The first-order valence-electron chi connectivity index (χ1n) is 7.57. The van der Waals surface area contributed by atoms with Crippen LogP contribution in [0.3, 0.4) is 0 Å². The van der Waals surface area contributed by atoms with Crippen molar-refractivity contribution in [3.8, 4) is 0 Å². The van der Waals surface area contributed by atoms with Crippen molar-refractivity contribution < 1.29 is 14.0 Å². The van der Waals surface area contributed by atoms with Crippen LogP contribution in [0.4, 0.5) is 15.8 Å². The van der Waals surface area contributed by atoms with Gasteiger partial charge in [-0.05, 0) is 36.2 Å². The van der Waals surface area contributed by atoms with Crippen molar-refractivity contribution in [1.82, 2.24) is 0 Å². The molecule has 0 aliphatic carbocycles. The van der Waals surface area contributed by atoms with Crippen LogP contribution < -0.4 is 10.2 Å². The van der Waals surface area contributed by atoms with Crippen LogP contribution >= 0.6 is 0 Å². The summed E-state index contributed by atoms with van der Waals surface area (Å²) >= 11 is 0. The lowest BCUT2D eigenvalue weighted by molar-refractivity contribution is -0.121. The molecular formula is C18H17FN2O2. The van der Waals surface area contributed by atoms with Crippen LogP contribution in [0, 0.1) is 5.82 Å². The zero-order valence-corrected chi connectivity index (χ0v) is 12.8. The number of anilines is 2.